The van der Waals surface area contributed by atoms with Crippen molar-refractivity contribution in [2.45, 2.75) is 32.2 Å². The fourth-order valence-corrected chi connectivity index (χ4v) is 3.33. The molecule has 0 aromatic heterocycles. The molecule has 2 aliphatic heterocycles. The van der Waals surface area contributed by atoms with Crippen molar-refractivity contribution in [3.05, 3.63) is 0 Å². The number of nitrogens with zero attached hydrogens (tertiary/aromatic N) is 4. The van der Waals surface area contributed by atoms with Gasteiger partial charge in [-0.1, -0.05) is 0 Å². The SMILES string of the molecule is CN1CCCN2CCN(C)CCC(C)(C)N(CC1)CC2. The molecule has 2 rings (SSSR count). The zero-order chi connectivity index (χ0) is 14.6. The molecule has 0 N–H and O–H groups in total. The molecule has 2 saturated heterocycles. The highest BCUT2D eigenvalue weighted by Crippen LogP contribution is 2.20. The maximum Gasteiger partial charge on any atom is 0.0166 e. The first-order chi connectivity index (χ1) is 9.47. The zero-order valence-corrected chi connectivity index (χ0v) is 14.1. The van der Waals surface area contributed by atoms with Gasteiger partial charge in [-0.3, -0.25) is 4.90 Å². The third-order valence-electron chi connectivity index (χ3n) is 5.21. The first-order valence-electron chi connectivity index (χ1n) is 8.32. The van der Waals surface area contributed by atoms with Gasteiger partial charge < -0.3 is 14.7 Å². The van der Waals surface area contributed by atoms with Crippen LogP contribution in [-0.2, 0) is 0 Å². The molecule has 2 unspecified atom stereocenters. The standard InChI is InChI=1S/C16H34N4/c1-16(2)6-9-18(4)10-12-19-8-5-7-17(3)11-14-20(16)15-13-19/h5-15H2,1-4H3. The summed E-state index contributed by atoms with van der Waals surface area (Å²) in [5.41, 5.74) is 0.317. The maximum atomic E-state index is 2.72. The highest BCUT2D eigenvalue weighted by atomic mass is 15.3. The monoisotopic (exact) mass is 282 g/mol. The average molecular weight is 282 g/mol. The second-order valence-electron chi connectivity index (χ2n) is 7.35. The molecular weight excluding hydrogens is 248 g/mol. The van der Waals surface area contributed by atoms with E-state index in [1.807, 2.05) is 0 Å². The fraction of sp³-hybridized carbons (Fsp3) is 1.00. The van der Waals surface area contributed by atoms with Crippen LogP contribution in [0.2, 0.25) is 0 Å². The van der Waals surface area contributed by atoms with Crippen molar-refractivity contribution in [1.82, 2.24) is 19.6 Å². The molecule has 0 saturated carbocycles. The molecule has 0 radical (unpaired) electrons. The molecule has 0 spiro atoms. The summed E-state index contributed by atoms with van der Waals surface area (Å²) >= 11 is 0. The summed E-state index contributed by atoms with van der Waals surface area (Å²) in [7, 11) is 4.55. The minimum absolute atomic E-state index is 0.317. The third-order valence-corrected chi connectivity index (χ3v) is 5.21. The first-order valence-corrected chi connectivity index (χ1v) is 8.32. The van der Waals surface area contributed by atoms with E-state index in [0.29, 0.717) is 5.54 Å². The average Bonchev–Trinajstić information content (AvgIpc) is 2.40. The van der Waals surface area contributed by atoms with E-state index < -0.39 is 0 Å². The van der Waals surface area contributed by atoms with Gasteiger partial charge in [-0.25, -0.2) is 0 Å². The smallest absolute Gasteiger partial charge is 0.0166 e. The quantitative estimate of drug-likeness (QED) is 0.658. The second-order valence-corrected chi connectivity index (χ2v) is 7.35. The molecule has 0 aromatic rings. The van der Waals surface area contributed by atoms with Crippen LogP contribution in [-0.4, -0.2) is 98.1 Å². The summed E-state index contributed by atoms with van der Waals surface area (Å²) in [5.74, 6) is 0. The summed E-state index contributed by atoms with van der Waals surface area (Å²) in [6.07, 6.45) is 2.58. The number of fused-ring (bicyclic) bond motifs is 3. The van der Waals surface area contributed by atoms with Crippen molar-refractivity contribution in [1.29, 1.82) is 0 Å². The van der Waals surface area contributed by atoms with Gasteiger partial charge in [-0.2, -0.15) is 0 Å². The van der Waals surface area contributed by atoms with Crippen LogP contribution in [0.3, 0.4) is 0 Å². The largest absolute Gasteiger partial charge is 0.305 e. The molecule has 2 bridgehead atoms. The van der Waals surface area contributed by atoms with Crippen LogP contribution in [0.5, 0.6) is 0 Å². The highest BCUT2D eigenvalue weighted by Gasteiger charge is 2.28. The van der Waals surface area contributed by atoms with Crippen molar-refractivity contribution in [3.63, 3.8) is 0 Å². The van der Waals surface area contributed by atoms with E-state index in [1.54, 1.807) is 0 Å². The topological polar surface area (TPSA) is 13.0 Å². The fourth-order valence-electron chi connectivity index (χ4n) is 3.33. The normalized spacial score (nSPS) is 34.8. The van der Waals surface area contributed by atoms with Crippen LogP contribution in [0, 0.1) is 0 Å². The third kappa shape index (κ3) is 4.69. The van der Waals surface area contributed by atoms with Crippen LogP contribution in [0.4, 0.5) is 0 Å². The molecule has 118 valence electrons. The Morgan fingerprint density at radius 2 is 1.25 bits per heavy atom. The molecule has 20 heavy (non-hydrogen) atoms. The van der Waals surface area contributed by atoms with Crippen molar-refractivity contribution < 1.29 is 0 Å². The Balaban J connectivity index is 2.10. The van der Waals surface area contributed by atoms with Crippen LogP contribution in [0.1, 0.15) is 26.7 Å². The Kier molecular flexibility index (Phi) is 5.84. The summed E-state index contributed by atoms with van der Waals surface area (Å²) in [6, 6.07) is 0. The van der Waals surface area contributed by atoms with E-state index >= 15 is 0 Å². The van der Waals surface area contributed by atoms with Crippen molar-refractivity contribution in [2.75, 3.05) is 73.0 Å². The molecule has 2 fully saturated rings. The lowest BCUT2D eigenvalue weighted by Crippen LogP contribution is -2.53. The number of rotatable bonds is 0. The molecule has 0 aromatic carbocycles. The van der Waals surface area contributed by atoms with Gasteiger partial charge in [0.2, 0.25) is 0 Å². The summed E-state index contributed by atoms with van der Waals surface area (Å²) in [5, 5.41) is 0. The van der Waals surface area contributed by atoms with E-state index in [2.05, 4.69) is 47.5 Å². The van der Waals surface area contributed by atoms with Crippen LogP contribution < -0.4 is 0 Å². The van der Waals surface area contributed by atoms with Crippen LogP contribution >= 0.6 is 0 Å². The van der Waals surface area contributed by atoms with E-state index in [-0.39, 0.29) is 0 Å². The van der Waals surface area contributed by atoms with Gasteiger partial charge in [0.25, 0.3) is 0 Å². The van der Waals surface area contributed by atoms with Crippen molar-refractivity contribution >= 4 is 0 Å². The number of hydrogen-bond donors (Lipinski definition) is 0. The Hall–Kier alpha value is -0.160. The van der Waals surface area contributed by atoms with Gasteiger partial charge in [0.1, 0.15) is 0 Å². The van der Waals surface area contributed by atoms with Crippen LogP contribution in [0.25, 0.3) is 0 Å². The first kappa shape index (κ1) is 16.2. The minimum atomic E-state index is 0.317. The second kappa shape index (κ2) is 7.21. The minimum Gasteiger partial charge on any atom is -0.305 e. The lowest BCUT2D eigenvalue weighted by Gasteiger charge is -2.43. The van der Waals surface area contributed by atoms with Gasteiger partial charge in [0, 0.05) is 44.8 Å². The lowest BCUT2D eigenvalue weighted by atomic mass is 9.97. The molecule has 2 atom stereocenters. The van der Waals surface area contributed by atoms with E-state index in [4.69, 9.17) is 0 Å². The predicted octanol–water partition coefficient (Wildman–Crippen LogP) is 1.04. The number of hydrogen-bond acceptors (Lipinski definition) is 4. The summed E-state index contributed by atoms with van der Waals surface area (Å²) in [6.45, 7) is 15.9. The molecular formula is C16H34N4. The Morgan fingerprint density at radius 3 is 2.05 bits per heavy atom. The zero-order valence-electron chi connectivity index (χ0n) is 14.1. The lowest BCUT2D eigenvalue weighted by molar-refractivity contribution is 0.0561. The summed E-state index contributed by atoms with van der Waals surface area (Å²) in [4.78, 5) is 10.4. The van der Waals surface area contributed by atoms with Crippen molar-refractivity contribution in [2.24, 2.45) is 0 Å². The Labute approximate surface area is 125 Å². The molecule has 4 heteroatoms. The molecule has 2 aliphatic rings. The van der Waals surface area contributed by atoms with E-state index in [0.717, 1.165) is 0 Å². The van der Waals surface area contributed by atoms with E-state index in [9.17, 15) is 0 Å². The predicted molar refractivity (Wildman–Crippen MR) is 86.3 cm³/mol. The maximum absolute atomic E-state index is 2.72. The Morgan fingerprint density at radius 1 is 0.650 bits per heavy atom. The Bertz CT molecular complexity index is 292. The van der Waals surface area contributed by atoms with E-state index in [1.165, 1.54) is 71.7 Å². The molecule has 4 nitrogen and oxygen atoms in total. The number of likely N-dealkylation sites (N-methyl/N-ethyl adjacent to an activating group) is 2. The van der Waals surface area contributed by atoms with Gasteiger partial charge in [0.05, 0.1) is 0 Å². The molecule has 2 heterocycles. The van der Waals surface area contributed by atoms with Gasteiger partial charge in [-0.05, 0) is 60.4 Å². The molecule has 0 amide bonds. The van der Waals surface area contributed by atoms with Crippen LogP contribution in [0.15, 0.2) is 0 Å². The van der Waals surface area contributed by atoms with Gasteiger partial charge in [-0.15, -0.1) is 0 Å². The van der Waals surface area contributed by atoms with Gasteiger partial charge in [0.15, 0.2) is 0 Å². The molecule has 0 aliphatic carbocycles. The van der Waals surface area contributed by atoms with Gasteiger partial charge >= 0.3 is 0 Å². The van der Waals surface area contributed by atoms with Crippen molar-refractivity contribution in [3.8, 4) is 0 Å². The highest BCUT2D eigenvalue weighted by molar-refractivity contribution is 4.85. The summed E-state index contributed by atoms with van der Waals surface area (Å²) < 4.78 is 0.